The lowest BCUT2D eigenvalue weighted by atomic mass is 9.84. The molecular formula is C17H18ClNO. The SMILES string of the molecule is O=C(CC1CC2CCC1C2)c1c[nH]c2c(Cl)cccc12. The van der Waals surface area contributed by atoms with Gasteiger partial charge in [-0.25, -0.2) is 0 Å². The molecule has 104 valence electrons. The Bertz CT molecular complexity index is 675. The van der Waals surface area contributed by atoms with Crippen molar-refractivity contribution in [2.45, 2.75) is 32.1 Å². The highest BCUT2D eigenvalue weighted by Crippen LogP contribution is 2.49. The molecule has 1 N–H and O–H groups in total. The quantitative estimate of drug-likeness (QED) is 0.806. The molecule has 4 rings (SSSR count). The number of nitrogens with one attached hydrogen (secondary N) is 1. The van der Waals surface area contributed by atoms with Crippen LogP contribution in [0.25, 0.3) is 10.9 Å². The third-order valence-corrected chi connectivity index (χ3v) is 5.61. The Kier molecular flexibility index (Phi) is 2.88. The van der Waals surface area contributed by atoms with Gasteiger partial charge in [-0.05, 0) is 43.1 Å². The Morgan fingerprint density at radius 3 is 2.95 bits per heavy atom. The van der Waals surface area contributed by atoms with Crippen LogP contribution >= 0.6 is 11.6 Å². The van der Waals surface area contributed by atoms with E-state index < -0.39 is 0 Å². The largest absolute Gasteiger partial charge is 0.359 e. The van der Waals surface area contributed by atoms with Crippen molar-refractivity contribution in [2.24, 2.45) is 17.8 Å². The van der Waals surface area contributed by atoms with Crippen molar-refractivity contribution in [2.75, 3.05) is 0 Å². The number of fused-ring (bicyclic) bond motifs is 3. The first-order chi connectivity index (χ1) is 9.72. The summed E-state index contributed by atoms with van der Waals surface area (Å²) in [5, 5.41) is 1.65. The molecule has 0 spiro atoms. The first-order valence-corrected chi connectivity index (χ1v) is 7.89. The van der Waals surface area contributed by atoms with Gasteiger partial charge in [0, 0.05) is 23.6 Å². The predicted octanol–water partition coefficient (Wildman–Crippen LogP) is 4.83. The van der Waals surface area contributed by atoms with Crippen LogP contribution < -0.4 is 0 Å². The molecular weight excluding hydrogens is 270 g/mol. The van der Waals surface area contributed by atoms with Crippen LogP contribution in [0.3, 0.4) is 0 Å². The molecule has 0 amide bonds. The lowest BCUT2D eigenvalue weighted by Crippen LogP contribution is -2.15. The Morgan fingerprint density at radius 2 is 2.20 bits per heavy atom. The Balaban J connectivity index is 1.60. The topological polar surface area (TPSA) is 32.9 Å². The molecule has 2 fully saturated rings. The van der Waals surface area contributed by atoms with Gasteiger partial charge in [0.2, 0.25) is 0 Å². The third-order valence-electron chi connectivity index (χ3n) is 5.30. The monoisotopic (exact) mass is 287 g/mol. The minimum absolute atomic E-state index is 0.274. The average Bonchev–Trinajstić information content (AvgIpc) is 3.12. The van der Waals surface area contributed by atoms with E-state index in [2.05, 4.69) is 4.98 Å². The van der Waals surface area contributed by atoms with E-state index in [1.165, 1.54) is 25.7 Å². The summed E-state index contributed by atoms with van der Waals surface area (Å²) in [6.45, 7) is 0. The minimum Gasteiger partial charge on any atom is -0.359 e. The van der Waals surface area contributed by atoms with Crippen LogP contribution in [0.15, 0.2) is 24.4 Å². The molecule has 2 saturated carbocycles. The maximum absolute atomic E-state index is 12.6. The van der Waals surface area contributed by atoms with E-state index in [9.17, 15) is 4.79 Å². The van der Waals surface area contributed by atoms with Gasteiger partial charge in [-0.15, -0.1) is 0 Å². The molecule has 2 aliphatic rings. The molecule has 3 unspecified atom stereocenters. The van der Waals surface area contributed by atoms with Crippen molar-refractivity contribution in [3.63, 3.8) is 0 Å². The van der Waals surface area contributed by atoms with Gasteiger partial charge in [-0.1, -0.05) is 30.2 Å². The van der Waals surface area contributed by atoms with Gasteiger partial charge < -0.3 is 4.98 Å². The molecule has 1 heterocycles. The fourth-order valence-corrected chi connectivity index (χ4v) is 4.55. The van der Waals surface area contributed by atoms with Crippen LogP contribution in [0.4, 0.5) is 0 Å². The van der Waals surface area contributed by atoms with E-state index in [-0.39, 0.29) is 5.78 Å². The van der Waals surface area contributed by atoms with Gasteiger partial charge in [-0.2, -0.15) is 0 Å². The number of hydrogen-bond donors (Lipinski definition) is 1. The molecule has 3 heteroatoms. The highest BCUT2D eigenvalue weighted by Gasteiger charge is 2.40. The zero-order valence-corrected chi connectivity index (χ0v) is 12.1. The molecule has 2 aliphatic carbocycles. The van der Waals surface area contributed by atoms with Crippen LogP contribution in [0.2, 0.25) is 5.02 Å². The second kappa shape index (κ2) is 4.63. The predicted molar refractivity (Wildman–Crippen MR) is 81.2 cm³/mol. The summed E-state index contributed by atoms with van der Waals surface area (Å²) >= 11 is 6.15. The number of benzene rings is 1. The second-order valence-electron chi connectivity index (χ2n) is 6.43. The number of H-pyrrole nitrogens is 1. The van der Waals surface area contributed by atoms with Crippen LogP contribution in [0.5, 0.6) is 0 Å². The highest BCUT2D eigenvalue weighted by molar-refractivity contribution is 6.35. The molecule has 3 atom stereocenters. The standard InChI is InChI=1S/C17H18ClNO/c18-15-3-1-2-13-14(9-19-17(13)15)16(20)8-12-7-10-4-5-11(12)6-10/h1-3,9-12,19H,4-8H2. The molecule has 2 aromatic rings. The number of carbonyl (C=O) groups excluding carboxylic acids is 1. The summed E-state index contributed by atoms with van der Waals surface area (Å²) in [6, 6.07) is 5.74. The van der Waals surface area contributed by atoms with Crippen LogP contribution in [-0.4, -0.2) is 10.8 Å². The average molecular weight is 288 g/mol. The number of carbonyl (C=O) groups is 1. The number of aromatic amines is 1. The van der Waals surface area contributed by atoms with Gasteiger partial charge >= 0.3 is 0 Å². The van der Waals surface area contributed by atoms with Crippen LogP contribution in [0.1, 0.15) is 42.5 Å². The summed E-state index contributed by atoms with van der Waals surface area (Å²) < 4.78 is 0. The maximum atomic E-state index is 12.6. The smallest absolute Gasteiger partial charge is 0.165 e. The number of ketones is 1. The highest BCUT2D eigenvalue weighted by atomic mass is 35.5. The Labute approximate surface area is 123 Å². The van der Waals surface area contributed by atoms with Crippen molar-refractivity contribution in [1.29, 1.82) is 0 Å². The molecule has 1 aromatic carbocycles. The molecule has 0 aliphatic heterocycles. The Morgan fingerprint density at radius 1 is 1.30 bits per heavy atom. The van der Waals surface area contributed by atoms with Gasteiger partial charge in [0.05, 0.1) is 10.5 Å². The molecule has 1 aromatic heterocycles. The van der Waals surface area contributed by atoms with E-state index in [1.54, 1.807) is 0 Å². The van der Waals surface area contributed by atoms with Crippen LogP contribution in [-0.2, 0) is 0 Å². The van der Waals surface area contributed by atoms with Crippen molar-refractivity contribution in [3.8, 4) is 0 Å². The van der Waals surface area contributed by atoms with Crippen molar-refractivity contribution in [3.05, 3.63) is 35.0 Å². The summed E-state index contributed by atoms with van der Waals surface area (Å²) in [6.07, 6.45) is 7.88. The summed E-state index contributed by atoms with van der Waals surface area (Å²) in [5.41, 5.74) is 1.69. The lowest BCUT2D eigenvalue weighted by molar-refractivity contribution is 0.0946. The number of para-hydroxylation sites is 1. The van der Waals surface area contributed by atoms with E-state index >= 15 is 0 Å². The van der Waals surface area contributed by atoms with E-state index in [0.29, 0.717) is 17.4 Å². The maximum Gasteiger partial charge on any atom is 0.165 e. The van der Waals surface area contributed by atoms with E-state index in [0.717, 1.165) is 28.3 Å². The van der Waals surface area contributed by atoms with Crippen molar-refractivity contribution < 1.29 is 4.79 Å². The first-order valence-electron chi connectivity index (χ1n) is 7.51. The summed E-state index contributed by atoms with van der Waals surface area (Å²) in [7, 11) is 0. The first kappa shape index (κ1) is 12.5. The zero-order chi connectivity index (χ0) is 13.7. The van der Waals surface area contributed by atoms with Crippen molar-refractivity contribution >= 4 is 28.3 Å². The number of aromatic nitrogens is 1. The molecule has 20 heavy (non-hydrogen) atoms. The molecule has 2 bridgehead atoms. The Hall–Kier alpha value is -1.28. The number of hydrogen-bond acceptors (Lipinski definition) is 1. The van der Waals surface area contributed by atoms with Gasteiger partial charge in [-0.3, -0.25) is 4.79 Å². The van der Waals surface area contributed by atoms with Gasteiger partial charge in [0.1, 0.15) is 0 Å². The zero-order valence-electron chi connectivity index (χ0n) is 11.4. The second-order valence-corrected chi connectivity index (χ2v) is 6.83. The minimum atomic E-state index is 0.274. The summed E-state index contributed by atoms with van der Waals surface area (Å²) in [4.78, 5) is 15.7. The van der Waals surface area contributed by atoms with E-state index in [4.69, 9.17) is 11.6 Å². The number of halogens is 1. The fourth-order valence-electron chi connectivity index (χ4n) is 4.32. The van der Waals surface area contributed by atoms with Crippen LogP contribution in [0, 0.1) is 17.8 Å². The number of rotatable bonds is 3. The lowest BCUT2D eigenvalue weighted by Gasteiger charge is -2.20. The number of Topliss-reactive ketones (excluding diaryl/α,β-unsaturated/α-hetero) is 1. The van der Waals surface area contributed by atoms with Gasteiger partial charge in [0.15, 0.2) is 5.78 Å². The fraction of sp³-hybridized carbons (Fsp3) is 0.471. The van der Waals surface area contributed by atoms with Gasteiger partial charge in [0.25, 0.3) is 0 Å². The normalized spacial score (nSPS) is 28.4. The molecule has 2 nitrogen and oxygen atoms in total. The van der Waals surface area contributed by atoms with E-state index in [1.807, 2.05) is 24.4 Å². The summed E-state index contributed by atoms with van der Waals surface area (Å²) in [5.74, 6) is 2.59. The molecule has 0 saturated heterocycles. The molecule has 0 radical (unpaired) electrons. The van der Waals surface area contributed by atoms with Crippen molar-refractivity contribution in [1.82, 2.24) is 4.98 Å². The third kappa shape index (κ3) is 1.89.